The van der Waals surface area contributed by atoms with Gasteiger partial charge in [0, 0.05) is 13.1 Å². The maximum atomic E-state index is 12.2. The van der Waals surface area contributed by atoms with Crippen LogP contribution in [0.3, 0.4) is 0 Å². The van der Waals surface area contributed by atoms with Crippen LogP contribution in [0.2, 0.25) is 5.22 Å². The molecule has 104 valence electrons. The number of nitrogens with zero attached hydrogens (tertiary/aromatic N) is 1. The third kappa shape index (κ3) is 3.10. The number of piperidine rings is 1. The first kappa shape index (κ1) is 13.9. The molecule has 0 radical (unpaired) electrons. The first-order chi connectivity index (χ1) is 9.13. The average molecular weight is 286 g/mol. The van der Waals surface area contributed by atoms with E-state index >= 15 is 0 Å². The molecule has 1 amide bonds. The van der Waals surface area contributed by atoms with Crippen molar-refractivity contribution in [3.63, 3.8) is 0 Å². The van der Waals surface area contributed by atoms with Gasteiger partial charge in [0.25, 0.3) is 5.91 Å². The molecule has 0 saturated carbocycles. The molecule has 0 spiro atoms. The average Bonchev–Trinajstić information content (AvgIpc) is 2.84. The summed E-state index contributed by atoms with van der Waals surface area (Å²) in [4.78, 5) is 25.6. The Balaban J connectivity index is 2.03. The minimum absolute atomic E-state index is 0.0864. The van der Waals surface area contributed by atoms with Crippen molar-refractivity contribution in [1.29, 1.82) is 0 Å². The van der Waals surface area contributed by atoms with Gasteiger partial charge in [-0.2, -0.15) is 0 Å². The molecule has 0 unspecified atom stereocenters. The van der Waals surface area contributed by atoms with Crippen LogP contribution in [0, 0.1) is 5.92 Å². The smallest absolute Gasteiger partial charge is 0.310 e. The Morgan fingerprint density at radius 2 is 2.37 bits per heavy atom. The van der Waals surface area contributed by atoms with Gasteiger partial charge in [-0.05, 0) is 37.4 Å². The van der Waals surface area contributed by atoms with E-state index in [1.807, 2.05) is 0 Å². The van der Waals surface area contributed by atoms with Crippen molar-refractivity contribution in [2.45, 2.75) is 19.8 Å². The normalized spacial score (nSPS) is 19.3. The van der Waals surface area contributed by atoms with Gasteiger partial charge in [-0.15, -0.1) is 0 Å². The Morgan fingerprint density at radius 3 is 3.00 bits per heavy atom. The lowest BCUT2D eigenvalue weighted by Gasteiger charge is -2.31. The van der Waals surface area contributed by atoms with Gasteiger partial charge >= 0.3 is 5.97 Å². The molecule has 0 aromatic carbocycles. The second-order valence-electron chi connectivity index (χ2n) is 4.45. The molecule has 6 heteroatoms. The van der Waals surface area contributed by atoms with Crippen LogP contribution in [-0.4, -0.2) is 36.5 Å². The van der Waals surface area contributed by atoms with Crippen molar-refractivity contribution >= 4 is 23.5 Å². The van der Waals surface area contributed by atoms with Gasteiger partial charge in [-0.3, -0.25) is 9.59 Å². The largest absolute Gasteiger partial charge is 0.466 e. The Hall–Kier alpha value is -1.49. The van der Waals surface area contributed by atoms with E-state index in [9.17, 15) is 9.59 Å². The molecular weight excluding hydrogens is 270 g/mol. The van der Waals surface area contributed by atoms with E-state index in [1.54, 1.807) is 17.9 Å². The monoisotopic (exact) mass is 285 g/mol. The summed E-state index contributed by atoms with van der Waals surface area (Å²) in [6.45, 7) is 3.13. The van der Waals surface area contributed by atoms with Crippen molar-refractivity contribution in [3.8, 4) is 0 Å². The summed E-state index contributed by atoms with van der Waals surface area (Å²) in [7, 11) is 0. The molecule has 1 aliphatic heterocycles. The molecule has 0 aliphatic carbocycles. The molecule has 0 N–H and O–H groups in total. The Kier molecular flexibility index (Phi) is 4.47. The van der Waals surface area contributed by atoms with E-state index in [-0.39, 0.29) is 23.0 Å². The van der Waals surface area contributed by atoms with Crippen molar-refractivity contribution in [2.75, 3.05) is 19.7 Å². The third-order valence-electron chi connectivity index (χ3n) is 3.18. The molecule has 0 bridgehead atoms. The molecule has 1 fully saturated rings. The molecule has 1 aromatic heterocycles. The van der Waals surface area contributed by atoms with Crippen LogP contribution in [0.15, 0.2) is 16.7 Å². The third-order valence-corrected chi connectivity index (χ3v) is 3.47. The second kappa shape index (κ2) is 6.10. The second-order valence-corrected chi connectivity index (χ2v) is 4.79. The zero-order chi connectivity index (χ0) is 13.8. The van der Waals surface area contributed by atoms with Gasteiger partial charge in [0.1, 0.15) is 0 Å². The van der Waals surface area contributed by atoms with Gasteiger partial charge in [-0.1, -0.05) is 0 Å². The fraction of sp³-hybridized carbons (Fsp3) is 0.538. The zero-order valence-electron chi connectivity index (χ0n) is 10.7. The molecule has 1 aliphatic rings. The molecule has 5 nitrogen and oxygen atoms in total. The van der Waals surface area contributed by atoms with Crippen LogP contribution in [0.1, 0.15) is 30.1 Å². The number of esters is 1. The summed E-state index contributed by atoms with van der Waals surface area (Å²) in [5.74, 6) is -0.686. The van der Waals surface area contributed by atoms with E-state index in [4.69, 9.17) is 20.8 Å². The fourth-order valence-corrected chi connectivity index (χ4v) is 2.43. The molecule has 19 heavy (non-hydrogen) atoms. The number of amides is 1. The van der Waals surface area contributed by atoms with Gasteiger partial charge in [0.15, 0.2) is 0 Å². The maximum absolute atomic E-state index is 12.2. The van der Waals surface area contributed by atoms with Crippen LogP contribution in [0.4, 0.5) is 0 Å². The number of furan rings is 1. The van der Waals surface area contributed by atoms with E-state index in [0.717, 1.165) is 12.8 Å². The predicted octanol–water partition coefficient (Wildman–Crippen LogP) is 2.35. The van der Waals surface area contributed by atoms with Gasteiger partial charge < -0.3 is 14.1 Å². The van der Waals surface area contributed by atoms with Crippen LogP contribution in [0.5, 0.6) is 0 Å². The highest BCUT2D eigenvalue weighted by Gasteiger charge is 2.30. The van der Waals surface area contributed by atoms with E-state index < -0.39 is 0 Å². The standard InChI is InChI=1S/C13H16ClNO4/c1-2-18-13(17)9-4-3-6-15(8-9)12(16)10-5-7-19-11(10)14/h5,7,9H,2-4,6,8H2,1H3/t9-/m1/s1. The lowest BCUT2D eigenvalue weighted by molar-refractivity contribution is -0.149. The number of hydrogen-bond donors (Lipinski definition) is 0. The first-order valence-corrected chi connectivity index (χ1v) is 6.70. The first-order valence-electron chi connectivity index (χ1n) is 6.32. The molecular formula is C13H16ClNO4. The molecule has 1 aromatic rings. The highest BCUT2D eigenvalue weighted by molar-refractivity contribution is 6.32. The molecule has 1 saturated heterocycles. The molecule has 2 heterocycles. The summed E-state index contributed by atoms with van der Waals surface area (Å²) in [6, 6.07) is 1.54. The summed E-state index contributed by atoms with van der Waals surface area (Å²) < 4.78 is 9.92. The number of halogens is 1. The summed E-state index contributed by atoms with van der Waals surface area (Å²) in [5, 5.41) is 0.0864. The van der Waals surface area contributed by atoms with Crippen molar-refractivity contribution in [3.05, 3.63) is 23.1 Å². The number of rotatable bonds is 3. The minimum Gasteiger partial charge on any atom is -0.466 e. The van der Waals surface area contributed by atoms with Crippen LogP contribution in [0.25, 0.3) is 0 Å². The topological polar surface area (TPSA) is 59.8 Å². The molecule has 2 rings (SSSR count). The van der Waals surface area contributed by atoms with Crippen molar-refractivity contribution in [1.82, 2.24) is 4.90 Å². The minimum atomic E-state index is -0.247. The number of ether oxygens (including phenoxy) is 1. The molecule has 1 atom stereocenters. The van der Waals surface area contributed by atoms with Gasteiger partial charge in [-0.25, -0.2) is 0 Å². The maximum Gasteiger partial charge on any atom is 0.310 e. The fourth-order valence-electron chi connectivity index (χ4n) is 2.23. The van der Waals surface area contributed by atoms with Gasteiger partial charge in [0.05, 0.1) is 24.4 Å². The Morgan fingerprint density at radius 1 is 1.58 bits per heavy atom. The highest BCUT2D eigenvalue weighted by Crippen LogP contribution is 2.23. The van der Waals surface area contributed by atoms with Crippen molar-refractivity contribution < 1.29 is 18.7 Å². The lowest BCUT2D eigenvalue weighted by Crippen LogP contribution is -2.42. The van der Waals surface area contributed by atoms with Crippen LogP contribution in [-0.2, 0) is 9.53 Å². The summed E-state index contributed by atoms with van der Waals surface area (Å²) >= 11 is 5.80. The zero-order valence-corrected chi connectivity index (χ0v) is 11.5. The van der Waals surface area contributed by atoms with Crippen molar-refractivity contribution in [2.24, 2.45) is 5.92 Å². The number of carbonyl (C=O) groups is 2. The number of likely N-dealkylation sites (tertiary alicyclic amines) is 1. The quantitative estimate of drug-likeness (QED) is 0.800. The van der Waals surface area contributed by atoms with E-state index in [1.165, 1.54) is 6.26 Å². The van der Waals surface area contributed by atoms with E-state index in [0.29, 0.717) is 25.3 Å². The number of hydrogen-bond acceptors (Lipinski definition) is 4. The number of carbonyl (C=O) groups excluding carboxylic acids is 2. The highest BCUT2D eigenvalue weighted by atomic mass is 35.5. The summed E-state index contributed by atoms with van der Waals surface area (Å²) in [6.07, 6.45) is 2.91. The van der Waals surface area contributed by atoms with Crippen LogP contribution >= 0.6 is 11.6 Å². The predicted molar refractivity (Wildman–Crippen MR) is 69.0 cm³/mol. The SMILES string of the molecule is CCOC(=O)[C@@H]1CCCN(C(=O)c2ccoc2Cl)C1. The lowest BCUT2D eigenvalue weighted by atomic mass is 9.98. The Labute approximate surface area is 116 Å². The Bertz CT molecular complexity index is 471. The van der Waals surface area contributed by atoms with Crippen LogP contribution < -0.4 is 0 Å². The van der Waals surface area contributed by atoms with E-state index in [2.05, 4.69) is 0 Å². The van der Waals surface area contributed by atoms with Gasteiger partial charge in [0.2, 0.25) is 5.22 Å². The summed E-state index contributed by atoms with van der Waals surface area (Å²) in [5.41, 5.74) is 0.339.